The largest absolute Gasteiger partial charge is 0.316 e. The Labute approximate surface area is 171 Å². The second-order valence-electron chi connectivity index (χ2n) is 5.97. The van der Waals surface area contributed by atoms with Crippen molar-refractivity contribution in [2.75, 3.05) is 0 Å². The zero-order valence-corrected chi connectivity index (χ0v) is 17.6. The summed E-state index contributed by atoms with van der Waals surface area (Å²) in [6, 6.07) is 15.9. The first-order valence-electron chi connectivity index (χ1n) is 8.05. The van der Waals surface area contributed by atoms with Crippen molar-refractivity contribution in [2.45, 2.75) is 13.0 Å². The Bertz CT molecular complexity index is 1090. The fraction of sp³-hybridized carbons (Fsp3) is 0.100. The third kappa shape index (κ3) is 3.54. The summed E-state index contributed by atoms with van der Waals surface area (Å²) in [5, 5.41) is 4.09. The van der Waals surface area contributed by atoms with Crippen molar-refractivity contribution in [1.82, 2.24) is 9.55 Å². The van der Waals surface area contributed by atoms with Gasteiger partial charge < -0.3 is 4.57 Å². The maximum Gasteiger partial charge on any atom is 0.156 e. The highest BCUT2D eigenvalue weighted by Crippen LogP contribution is 2.27. The van der Waals surface area contributed by atoms with Crippen molar-refractivity contribution in [2.24, 2.45) is 0 Å². The number of aromatic nitrogens is 2. The zero-order chi connectivity index (χ0) is 18.1. The maximum atomic E-state index is 12.8. The first-order valence-corrected chi connectivity index (χ1v) is 10.6. The highest BCUT2D eigenvalue weighted by Gasteiger charge is 2.16. The Kier molecular flexibility index (Phi) is 5.07. The normalized spacial score (nSPS) is 11.2. The van der Waals surface area contributed by atoms with Gasteiger partial charge in [0.15, 0.2) is 5.78 Å². The molecule has 2 aromatic heterocycles. The first kappa shape index (κ1) is 17.6. The molecule has 0 bridgehead atoms. The van der Waals surface area contributed by atoms with E-state index in [1.54, 1.807) is 11.3 Å². The molecule has 0 spiro atoms. The molecule has 2 aromatic carbocycles. The number of carbonyl (C=O) groups excluding carboxylic acids is 1. The van der Waals surface area contributed by atoms with Crippen LogP contribution in [0.1, 0.15) is 5.56 Å². The second kappa shape index (κ2) is 7.47. The predicted molar refractivity (Wildman–Crippen MR) is 114 cm³/mol. The van der Waals surface area contributed by atoms with Gasteiger partial charge >= 0.3 is 0 Å². The van der Waals surface area contributed by atoms with E-state index in [0.29, 0.717) is 13.0 Å². The molecule has 0 saturated heterocycles. The van der Waals surface area contributed by atoms with Gasteiger partial charge in [-0.3, -0.25) is 4.79 Å². The van der Waals surface area contributed by atoms with E-state index in [4.69, 9.17) is 4.98 Å². The SMILES string of the molecule is O=C(Cc1ccc(Br)cc1Br)Cn1c(-c2ccsc2)nc2ccccc21. The first-order chi connectivity index (χ1) is 12.6. The van der Waals surface area contributed by atoms with E-state index in [2.05, 4.69) is 37.2 Å². The van der Waals surface area contributed by atoms with Crippen molar-refractivity contribution in [1.29, 1.82) is 0 Å². The molecule has 26 heavy (non-hydrogen) atoms. The van der Waals surface area contributed by atoms with Gasteiger partial charge in [-0.1, -0.05) is 50.1 Å². The minimum atomic E-state index is 0.146. The van der Waals surface area contributed by atoms with Crippen LogP contribution in [0.4, 0.5) is 0 Å². The molecule has 0 aliphatic rings. The molecule has 0 unspecified atom stereocenters. The molecule has 0 aliphatic heterocycles. The van der Waals surface area contributed by atoms with Gasteiger partial charge in [-0.2, -0.15) is 11.3 Å². The molecule has 0 fully saturated rings. The number of Topliss-reactive ketones (excluding diaryl/α,β-unsaturated/α-hetero) is 1. The van der Waals surface area contributed by atoms with Crippen molar-refractivity contribution in [3.05, 3.63) is 73.8 Å². The van der Waals surface area contributed by atoms with Gasteiger partial charge in [0, 0.05) is 26.3 Å². The summed E-state index contributed by atoms with van der Waals surface area (Å²) < 4.78 is 3.95. The topological polar surface area (TPSA) is 34.9 Å². The number of fused-ring (bicyclic) bond motifs is 1. The number of halogens is 2. The number of hydrogen-bond acceptors (Lipinski definition) is 3. The molecule has 4 aromatic rings. The van der Waals surface area contributed by atoms with E-state index in [1.807, 2.05) is 58.5 Å². The van der Waals surface area contributed by atoms with Crippen LogP contribution in [0.15, 0.2) is 68.2 Å². The summed E-state index contributed by atoms with van der Waals surface area (Å²) in [4.78, 5) is 17.6. The average Bonchev–Trinajstić information content (AvgIpc) is 3.26. The number of hydrogen-bond donors (Lipinski definition) is 0. The summed E-state index contributed by atoms with van der Waals surface area (Å²) in [6.45, 7) is 0.300. The molecule has 0 saturated carbocycles. The lowest BCUT2D eigenvalue weighted by atomic mass is 10.1. The van der Waals surface area contributed by atoms with Crippen molar-refractivity contribution < 1.29 is 4.79 Å². The zero-order valence-electron chi connectivity index (χ0n) is 13.7. The molecule has 0 atom stereocenters. The molecular weight excluding hydrogens is 476 g/mol. The molecule has 0 N–H and O–H groups in total. The Morgan fingerprint density at radius 1 is 1.12 bits per heavy atom. The number of imidazole rings is 1. The molecule has 3 nitrogen and oxygen atoms in total. The molecule has 0 radical (unpaired) electrons. The fourth-order valence-electron chi connectivity index (χ4n) is 2.96. The number of carbonyl (C=O) groups is 1. The summed E-state index contributed by atoms with van der Waals surface area (Å²) >= 11 is 8.61. The minimum absolute atomic E-state index is 0.146. The van der Waals surface area contributed by atoms with Crippen LogP contribution in [0, 0.1) is 0 Å². The van der Waals surface area contributed by atoms with Crippen molar-refractivity contribution >= 4 is 60.0 Å². The predicted octanol–water partition coefficient (Wildman–Crippen LogP) is 6.10. The van der Waals surface area contributed by atoms with Crippen LogP contribution in [0.3, 0.4) is 0 Å². The molecule has 6 heteroatoms. The summed E-state index contributed by atoms with van der Waals surface area (Å²) in [5.41, 5.74) is 3.92. The van der Waals surface area contributed by atoms with E-state index >= 15 is 0 Å². The fourth-order valence-corrected chi connectivity index (χ4v) is 4.78. The number of ketones is 1. The van der Waals surface area contributed by atoms with Crippen LogP contribution in [0.5, 0.6) is 0 Å². The van der Waals surface area contributed by atoms with Gasteiger partial charge in [0.1, 0.15) is 5.82 Å². The van der Waals surface area contributed by atoms with Crippen molar-refractivity contribution in [3.8, 4) is 11.4 Å². The smallest absolute Gasteiger partial charge is 0.156 e. The van der Waals surface area contributed by atoms with Gasteiger partial charge in [-0.05, 0) is 41.3 Å². The summed E-state index contributed by atoms with van der Waals surface area (Å²) in [5.74, 6) is 0.989. The van der Waals surface area contributed by atoms with E-state index in [9.17, 15) is 4.79 Å². The Hall–Kier alpha value is -1.76. The van der Waals surface area contributed by atoms with Crippen LogP contribution in [0.2, 0.25) is 0 Å². The summed E-state index contributed by atoms with van der Waals surface area (Å²) in [6.07, 6.45) is 0.378. The number of nitrogens with zero attached hydrogens (tertiary/aromatic N) is 2. The van der Waals surface area contributed by atoms with Gasteiger partial charge in [-0.15, -0.1) is 0 Å². The number of thiophene rings is 1. The van der Waals surface area contributed by atoms with E-state index in [1.165, 1.54) is 0 Å². The maximum absolute atomic E-state index is 12.8. The lowest BCUT2D eigenvalue weighted by Gasteiger charge is -2.09. The van der Waals surface area contributed by atoms with Crippen LogP contribution in [-0.4, -0.2) is 15.3 Å². The quantitative estimate of drug-likeness (QED) is 0.339. The Balaban J connectivity index is 1.68. The highest BCUT2D eigenvalue weighted by atomic mass is 79.9. The standard InChI is InChI=1S/C20H14Br2N2OS/c21-15-6-5-13(17(22)10-15)9-16(25)11-24-19-4-2-1-3-18(19)23-20(24)14-7-8-26-12-14/h1-8,10,12H,9,11H2. The van der Waals surface area contributed by atoms with Crippen LogP contribution in [-0.2, 0) is 17.8 Å². The van der Waals surface area contributed by atoms with Crippen LogP contribution >= 0.6 is 43.2 Å². The molecule has 0 amide bonds. The Morgan fingerprint density at radius 2 is 1.96 bits per heavy atom. The van der Waals surface area contributed by atoms with E-state index in [0.717, 1.165) is 36.9 Å². The van der Waals surface area contributed by atoms with Gasteiger partial charge in [0.2, 0.25) is 0 Å². The van der Waals surface area contributed by atoms with Gasteiger partial charge in [0.05, 0.1) is 17.6 Å². The minimum Gasteiger partial charge on any atom is -0.316 e. The number of rotatable bonds is 5. The van der Waals surface area contributed by atoms with E-state index in [-0.39, 0.29) is 5.78 Å². The van der Waals surface area contributed by atoms with Crippen LogP contribution in [0.25, 0.3) is 22.4 Å². The van der Waals surface area contributed by atoms with Crippen LogP contribution < -0.4 is 0 Å². The van der Waals surface area contributed by atoms with Gasteiger partial charge in [-0.25, -0.2) is 4.98 Å². The summed E-state index contributed by atoms with van der Waals surface area (Å²) in [7, 11) is 0. The second-order valence-corrected chi connectivity index (χ2v) is 8.52. The monoisotopic (exact) mass is 488 g/mol. The molecule has 130 valence electrons. The third-order valence-corrected chi connectivity index (χ3v) is 6.09. The highest BCUT2D eigenvalue weighted by molar-refractivity contribution is 9.11. The average molecular weight is 490 g/mol. The van der Waals surface area contributed by atoms with Gasteiger partial charge in [0.25, 0.3) is 0 Å². The lowest BCUT2D eigenvalue weighted by molar-refractivity contribution is -0.118. The van der Waals surface area contributed by atoms with Crippen molar-refractivity contribution in [3.63, 3.8) is 0 Å². The lowest BCUT2D eigenvalue weighted by Crippen LogP contribution is -2.13. The molecular formula is C20H14Br2N2OS. The number of benzene rings is 2. The number of para-hydroxylation sites is 2. The Morgan fingerprint density at radius 3 is 2.73 bits per heavy atom. The molecule has 2 heterocycles. The molecule has 4 rings (SSSR count). The molecule has 0 aliphatic carbocycles. The van der Waals surface area contributed by atoms with E-state index < -0.39 is 0 Å². The third-order valence-electron chi connectivity index (χ3n) is 4.17.